The maximum absolute atomic E-state index is 13.6. The van der Waals surface area contributed by atoms with Gasteiger partial charge in [0, 0.05) is 19.3 Å². The summed E-state index contributed by atoms with van der Waals surface area (Å²) in [6, 6.07) is 15.8. The van der Waals surface area contributed by atoms with E-state index in [0.29, 0.717) is 31.4 Å². The van der Waals surface area contributed by atoms with E-state index in [0.717, 1.165) is 5.69 Å². The first-order valence-corrected chi connectivity index (χ1v) is 8.39. The molecule has 0 heterocycles. The Kier molecular flexibility index (Phi) is 4.83. The minimum absolute atomic E-state index is 0.193. The average Bonchev–Trinajstić information content (AvgIpc) is 3.45. The van der Waals surface area contributed by atoms with E-state index in [9.17, 15) is 14.0 Å². The van der Waals surface area contributed by atoms with Crippen LogP contribution in [0.1, 0.15) is 18.4 Å². The molecule has 0 unspecified atom stereocenters. The van der Waals surface area contributed by atoms with Crippen LogP contribution in [0, 0.1) is 11.2 Å². The number of amides is 2. The molecule has 0 aliphatic heterocycles. The number of hydrogen-bond donors (Lipinski definition) is 1. The van der Waals surface area contributed by atoms with Crippen molar-refractivity contribution >= 4 is 17.5 Å². The Hall–Kier alpha value is -2.69. The van der Waals surface area contributed by atoms with Crippen LogP contribution in [-0.4, -0.2) is 25.4 Å². The van der Waals surface area contributed by atoms with E-state index in [1.165, 1.54) is 11.0 Å². The van der Waals surface area contributed by atoms with Gasteiger partial charge in [0.15, 0.2) is 0 Å². The van der Waals surface area contributed by atoms with Crippen molar-refractivity contribution in [3.8, 4) is 0 Å². The van der Waals surface area contributed by atoms with Crippen LogP contribution >= 0.6 is 0 Å². The smallest absolute Gasteiger partial charge is 0.242 e. The van der Waals surface area contributed by atoms with E-state index < -0.39 is 5.41 Å². The molecule has 0 bridgehead atoms. The monoisotopic (exact) mass is 340 g/mol. The summed E-state index contributed by atoms with van der Waals surface area (Å²) in [6.45, 7) is 0.309. The highest BCUT2D eigenvalue weighted by Crippen LogP contribution is 2.47. The van der Waals surface area contributed by atoms with Crippen molar-refractivity contribution in [1.82, 2.24) is 5.32 Å². The first kappa shape index (κ1) is 17.1. The van der Waals surface area contributed by atoms with E-state index in [2.05, 4.69) is 5.32 Å². The molecule has 1 fully saturated rings. The van der Waals surface area contributed by atoms with E-state index >= 15 is 0 Å². The second kappa shape index (κ2) is 7.05. The maximum atomic E-state index is 13.6. The van der Waals surface area contributed by atoms with E-state index in [1.807, 2.05) is 30.3 Å². The SMILES string of the molecule is CN(C(=O)C1(C(=O)NCCc2ccccc2F)CC1)c1ccccc1. The highest BCUT2D eigenvalue weighted by molar-refractivity contribution is 6.13. The van der Waals surface area contributed by atoms with Gasteiger partial charge in [0.25, 0.3) is 0 Å². The summed E-state index contributed by atoms with van der Waals surface area (Å²) in [7, 11) is 1.68. The molecule has 130 valence electrons. The van der Waals surface area contributed by atoms with Crippen molar-refractivity contribution in [2.45, 2.75) is 19.3 Å². The molecule has 0 spiro atoms. The summed E-state index contributed by atoms with van der Waals surface area (Å²) in [5.41, 5.74) is 0.345. The fourth-order valence-corrected chi connectivity index (χ4v) is 2.93. The molecular formula is C20H21FN2O2. The highest BCUT2D eigenvalue weighted by atomic mass is 19.1. The Morgan fingerprint density at radius 3 is 2.36 bits per heavy atom. The second-order valence-electron chi connectivity index (χ2n) is 6.38. The van der Waals surface area contributed by atoms with Crippen LogP contribution in [0.4, 0.5) is 10.1 Å². The molecule has 0 saturated heterocycles. The summed E-state index contributed by atoms with van der Waals surface area (Å²) >= 11 is 0. The van der Waals surface area contributed by atoms with E-state index in [4.69, 9.17) is 0 Å². The lowest BCUT2D eigenvalue weighted by atomic mass is 10.0. The van der Waals surface area contributed by atoms with Gasteiger partial charge < -0.3 is 10.2 Å². The van der Waals surface area contributed by atoms with Gasteiger partial charge >= 0.3 is 0 Å². The Morgan fingerprint density at radius 1 is 1.08 bits per heavy atom. The molecule has 4 nitrogen and oxygen atoms in total. The number of anilines is 1. The number of rotatable bonds is 6. The molecular weight excluding hydrogens is 319 g/mol. The largest absolute Gasteiger partial charge is 0.355 e. The molecule has 2 aromatic carbocycles. The predicted octanol–water partition coefficient (Wildman–Crippen LogP) is 2.93. The summed E-state index contributed by atoms with van der Waals surface area (Å²) in [5.74, 6) is -0.739. The first-order chi connectivity index (χ1) is 12.0. The van der Waals surface area contributed by atoms with Gasteiger partial charge in [-0.05, 0) is 43.0 Å². The van der Waals surface area contributed by atoms with E-state index in [-0.39, 0.29) is 17.6 Å². The van der Waals surface area contributed by atoms with Crippen molar-refractivity contribution < 1.29 is 14.0 Å². The van der Waals surface area contributed by atoms with Gasteiger partial charge in [0.1, 0.15) is 11.2 Å². The molecule has 0 aromatic heterocycles. The Labute approximate surface area is 146 Å². The molecule has 3 rings (SSSR count). The number of nitrogens with zero attached hydrogens (tertiary/aromatic N) is 1. The fraction of sp³-hybridized carbons (Fsp3) is 0.300. The van der Waals surface area contributed by atoms with E-state index in [1.54, 1.807) is 25.2 Å². The van der Waals surface area contributed by atoms with Gasteiger partial charge in [-0.2, -0.15) is 0 Å². The fourth-order valence-electron chi connectivity index (χ4n) is 2.93. The van der Waals surface area contributed by atoms with Crippen LogP contribution in [-0.2, 0) is 16.0 Å². The molecule has 0 radical (unpaired) electrons. The summed E-state index contributed by atoms with van der Waals surface area (Å²) in [5, 5.41) is 2.80. The van der Waals surface area contributed by atoms with Gasteiger partial charge in [-0.25, -0.2) is 4.39 Å². The van der Waals surface area contributed by atoms with Crippen molar-refractivity contribution in [1.29, 1.82) is 0 Å². The molecule has 5 heteroatoms. The molecule has 25 heavy (non-hydrogen) atoms. The van der Waals surface area contributed by atoms with Crippen LogP contribution < -0.4 is 10.2 Å². The van der Waals surface area contributed by atoms with Crippen LogP contribution in [0.2, 0.25) is 0 Å². The molecule has 1 aliphatic rings. The number of carbonyl (C=O) groups is 2. The average molecular weight is 340 g/mol. The molecule has 1 aliphatic carbocycles. The first-order valence-electron chi connectivity index (χ1n) is 8.39. The Morgan fingerprint density at radius 2 is 1.72 bits per heavy atom. The van der Waals surface area contributed by atoms with Crippen molar-refractivity contribution in [2.75, 3.05) is 18.5 Å². The summed E-state index contributed by atoms with van der Waals surface area (Å²) in [6.07, 6.45) is 1.50. The van der Waals surface area contributed by atoms with Gasteiger partial charge in [0.05, 0.1) is 0 Å². The molecule has 2 amide bonds. The van der Waals surface area contributed by atoms with Crippen molar-refractivity contribution in [2.24, 2.45) is 5.41 Å². The summed E-state index contributed by atoms with van der Waals surface area (Å²) < 4.78 is 13.6. The van der Waals surface area contributed by atoms with Gasteiger partial charge in [-0.1, -0.05) is 36.4 Å². The normalized spacial score (nSPS) is 14.6. The van der Waals surface area contributed by atoms with Gasteiger partial charge in [0.2, 0.25) is 11.8 Å². The lowest BCUT2D eigenvalue weighted by Crippen LogP contribution is -2.44. The lowest BCUT2D eigenvalue weighted by Gasteiger charge is -2.23. The van der Waals surface area contributed by atoms with Gasteiger partial charge in [-0.15, -0.1) is 0 Å². The maximum Gasteiger partial charge on any atom is 0.242 e. The lowest BCUT2D eigenvalue weighted by molar-refractivity contribution is -0.135. The zero-order valence-corrected chi connectivity index (χ0v) is 14.2. The molecule has 2 aromatic rings. The number of para-hydroxylation sites is 1. The number of benzene rings is 2. The third kappa shape index (κ3) is 3.55. The third-order valence-corrected chi connectivity index (χ3v) is 4.68. The molecule has 0 atom stereocenters. The number of halogens is 1. The third-order valence-electron chi connectivity index (χ3n) is 4.68. The highest BCUT2D eigenvalue weighted by Gasteiger charge is 2.57. The topological polar surface area (TPSA) is 49.4 Å². The van der Waals surface area contributed by atoms with Crippen LogP contribution in [0.3, 0.4) is 0 Å². The van der Waals surface area contributed by atoms with Crippen molar-refractivity contribution in [3.63, 3.8) is 0 Å². The standard InChI is InChI=1S/C20H21FN2O2/c1-23(16-8-3-2-4-9-16)19(25)20(12-13-20)18(24)22-14-11-15-7-5-6-10-17(15)21/h2-10H,11-14H2,1H3,(H,22,24). The van der Waals surface area contributed by atoms with Gasteiger partial charge in [-0.3, -0.25) is 9.59 Å². The van der Waals surface area contributed by atoms with Crippen LogP contribution in [0.5, 0.6) is 0 Å². The second-order valence-corrected chi connectivity index (χ2v) is 6.38. The van der Waals surface area contributed by atoms with Crippen LogP contribution in [0.25, 0.3) is 0 Å². The van der Waals surface area contributed by atoms with Crippen molar-refractivity contribution in [3.05, 3.63) is 66.0 Å². The Bertz CT molecular complexity index is 772. The number of carbonyl (C=O) groups excluding carboxylic acids is 2. The molecule has 1 saturated carbocycles. The number of nitrogens with one attached hydrogen (secondary N) is 1. The Balaban J connectivity index is 1.60. The minimum atomic E-state index is -0.972. The number of hydrogen-bond acceptors (Lipinski definition) is 2. The zero-order valence-electron chi connectivity index (χ0n) is 14.2. The predicted molar refractivity (Wildman–Crippen MR) is 94.6 cm³/mol. The van der Waals surface area contributed by atoms with Crippen LogP contribution in [0.15, 0.2) is 54.6 Å². The zero-order chi connectivity index (χ0) is 17.9. The quantitative estimate of drug-likeness (QED) is 0.822. The minimum Gasteiger partial charge on any atom is -0.355 e. The molecule has 1 N–H and O–H groups in total. The summed E-state index contributed by atoms with van der Waals surface area (Å²) in [4.78, 5) is 26.8.